The fraction of sp³-hybridized carbons (Fsp3) is 0.333. The van der Waals surface area contributed by atoms with Crippen LogP contribution in [0.1, 0.15) is 0 Å². The quantitative estimate of drug-likeness (QED) is 0.284. The first kappa shape index (κ1) is 2.87. The summed E-state index contributed by atoms with van der Waals surface area (Å²) in [6.07, 6.45) is 1.61. The third-order valence-corrected chi connectivity index (χ3v) is 0.228. The monoisotopic (exact) mass is 74.1 g/mol. The lowest BCUT2D eigenvalue weighted by Gasteiger charge is -1.78. The summed E-state index contributed by atoms with van der Waals surface area (Å²) >= 11 is 0. The van der Waals surface area contributed by atoms with Crippen LogP contribution >= 0.6 is 0 Å². The van der Waals surface area contributed by atoms with E-state index in [-0.39, 0.29) is 0 Å². The predicted molar refractivity (Wildman–Crippen MR) is 20.0 cm³/mol. The molecule has 0 rings (SSSR count). The Morgan fingerprint density at radius 2 is 3.20 bits per heavy atom. The minimum Gasteiger partial charge on any atom is -0.317 e. The third-order valence-electron chi connectivity index (χ3n) is 0.228. The molecule has 0 aromatic rings. The van der Waals surface area contributed by atoms with E-state index >= 15 is 0 Å². The molecule has 0 aliphatic rings. The van der Waals surface area contributed by atoms with Gasteiger partial charge in [-0.1, -0.05) is 6.08 Å². The molecule has 0 amide bonds. The van der Waals surface area contributed by atoms with Crippen molar-refractivity contribution >= 4 is 0 Å². The van der Waals surface area contributed by atoms with E-state index in [1.807, 2.05) is 0 Å². The molecule has 0 bridgehead atoms. The molecule has 0 spiro atoms. The van der Waals surface area contributed by atoms with Crippen LogP contribution in [-0.2, 0) is 0 Å². The Kier molecular flexibility index (Phi) is 2.10. The summed E-state index contributed by atoms with van der Waals surface area (Å²) in [7, 11) is 0. The topological polar surface area (TPSA) is 32.3 Å². The molecule has 0 heterocycles. The van der Waals surface area contributed by atoms with Crippen LogP contribution in [0.15, 0.2) is 12.7 Å². The van der Waals surface area contributed by atoms with Crippen LogP contribution in [0.5, 0.6) is 0 Å². The molecule has 5 heavy (non-hydrogen) atoms. The number of rotatable bonds is 3. The van der Waals surface area contributed by atoms with Crippen molar-refractivity contribution in [1.82, 2.24) is 5.48 Å². The maximum Gasteiger partial charge on any atom is 0.238 e. The van der Waals surface area contributed by atoms with E-state index in [4.69, 9.17) is 1.43 Å². The highest BCUT2D eigenvalue weighted by atomic mass is 16.5. The highest BCUT2D eigenvalue weighted by Gasteiger charge is 1.58. The van der Waals surface area contributed by atoms with E-state index in [9.17, 15) is 0 Å². The highest BCUT2D eigenvalue weighted by Crippen LogP contribution is 1.48. The molecule has 0 aliphatic carbocycles. The molecule has 0 saturated heterocycles. The lowest BCUT2D eigenvalue weighted by atomic mass is 10.7. The standard InChI is InChI=1S/C3H7NO/c1-2-3-4-5/h2,4-5H,1,3H2/i5D. The van der Waals surface area contributed by atoms with Gasteiger partial charge >= 0.3 is 0 Å². The van der Waals surface area contributed by atoms with E-state index in [1.165, 1.54) is 0 Å². The number of hydrogen-bond acceptors (Lipinski definition) is 2. The van der Waals surface area contributed by atoms with Crippen molar-refractivity contribution in [2.45, 2.75) is 0 Å². The van der Waals surface area contributed by atoms with E-state index in [1.54, 1.807) is 6.08 Å². The third kappa shape index (κ3) is 3.66. The number of hydrogen-bond donors (Lipinski definition) is 2. The molecular weight excluding hydrogens is 66.0 g/mol. The zero-order valence-corrected chi connectivity index (χ0v) is 2.90. The van der Waals surface area contributed by atoms with Crippen molar-refractivity contribution in [3.05, 3.63) is 12.7 Å². The van der Waals surface area contributed by atoms with Gasteiger partial charge in [-0.05, 0) is 0 Å². The Labute approximate surface area is 32.6 Å². The average molecular weight is 74.1 g/mol. The smallest absolute Gasteiger partial charge is 0.238 e. The lowest BCUT2D eigenvalue weighted by molar-refractivity contribution is 0.180. The molecule has 2 heteroatoms. The minimum atomic E-state index is 0.517. The summed E-state index contributed by atoms with van der Waals surface area (Å²) in [5.41, 5.74) is 2.25. The number of hydroxylamine groups is 1. The van der Waals surface area contributed by atoms with Gasteiger partial charge in [0.15, 0.2) is 0 Å². The van der Waals surface area contributed by atoms with Gasteiger partial charge in [0.1, 0.15) is 0 Å². The van der Waals surface area contributed by atoms with Crippen molar-refractivity contribution in [2.75, 3.05) is 6.54 Å². The van der Waals surface area contributed by atoms with Crippen LogP contribution in [0.3, 0.4) is 0 Å². The van der Waals surface area contributed by atoms with Gasteiger partial charge in [-0.3, -0.25) is 0 Å². The van der Waals surface area contributed by atoms with Gasteiger partial charge in [-0.25, -0.2) is 5.48 Å². The second kappa shape index (κ2) is 3.66. The summed E-state index contributed by atoms with van der Waals surface area (Å²) in [5, 5.41) is 3.71. The zero-order valence-electron chi connectivity index (χ0n) is 3.90. The van der Waals surface area contributed by atoms with E-state index in [0.29, 0.717) is 6.54 Å². The molecule has 0 aliphatic heterocycles. The largest absolute Gasteiger partial charge is 0.317 e. The highest BCUT2D eigenvalue weighted by molar-refractivity contribution is 4.65. The van der Waals surface area contributed by atoms with Gasteiger partial charge in [0.2, 0.25) is 1.43 Å². The van der Waals surface area contributed by atoms with E-state index in [2.05, 4.69) is 17.3 Å². The molecule has 0 aromatic carbocycles. The number of nitrogens with one attached hydrogen (secondary N) is 1. The summed E-state index contributed by atoms with van der Waals surface area (Å²) in [6, 6.07) is 0. The Bertz CT molecular complexity index is 39.8. The molecule has 0 aromatic heterocycles. The second-order valence-corrected chi connectivity index (χ2v) is 0.637. The van der Waals surface area contributed by atoms with Gasteiger partial charge in [-0.2, -0.15) is 0 Å². The fourth-order valence-electron chi connectivity index (χ4n) is 0.0589. The minimum absolute atomic E-state index is 0.517. The van der Waals surface area contributed by atoms with Crippen molar-refractivity contribution in [2.24, 2.45) is 0 Å². The van der Waals surface area contributed by atoms with E-state index < -0.39 is 0 Å². The van der Waals surface area contributed by atoms with Gasteiger partial charge in [0.25, 0.3) is 0 Å². The van der Waals surface area contributed by atoms with Gasteiger partial charge in [0.05, 0.1) is 0 Å². The summed E-state index contributed by atoms with van der Waals surface area (Å²) in [6.45, 7) is 3.89. The molecule has 0 unspecified atom stereocenters. The van der Waals surface area contributed by atoms with Gasteiger partial charge in [0, 0.05) is 6.54 Å². The molecule has 0 saturated carbocycles. The SMILES string of the molecule is [2H]ONCC=C. The Morgan fingerprint density at radius 3 is 3.40 bits per heavy atom. The lowest BCUT2D eigenvalue weighted by Crippen LogP contribution is -2.04. The molecule has 30 valence electrons. The van der Waals surface area contributed by atoms with Crippen LogP contribution in [0.4, 0.5) is 0 Å². The van der Waals surface area contributed by atoms with Crippen LogP contribution in [0, 0.1) is 0 Å². The average Bonchev–Trinajstić information content (AvgIpc) is 1.61. The Morgan fingerprint density at radius 1 is 2.40 bits per heavy atom. The maximum absolute atomic E-state index is 6.05. The van der Waals surface area contributed by atoms with E-state index in [0.717, 1.165) is 0 Å². The molecular formula is C3H7NO. The zero-order chi connectivity index (χ0) is 4.83. The fourth-order valence-corrected chi connectivity index (χ4v) is 0.0589. The Balaban J connectivity index is 2.49. The first-order valence-corrected chi connectivity index (χ1v) is 1.37. The molecule has 0 fully saturated rings. The normalized spacial score (nSPS) is 10.0. The van der Waals surface area contributed by atoms with Gasteiger partial charge < -0.3 is 5.21 Å². The van der Waals surface area contributed by atoms with Crippen LogP contribution in [0.25, 0.3) is 0 Å². The van der Waals surface area contributed by atoms with Crippen molar-refractivity contribution in [1.29, 1.82) is 0 Å². The maximum atomic E-state index is 6.05. The van der Waals surface area contributed by atoms with Crippen LogP contribution < -0.4 is 5.48 Å². The summed E-state index contributed by atoms with van der Waals surface area (Å²) in [5.74, 6) is 0. The van der Waals surface area contributed by atoms with Crippen molar-refractivity contribution < 1.29 is 6.64 Å². The second-order valence-electron chi connectivity index (χ2n) is 0.637. The van der Waals surface area contributed by atoms with Crippen LogP contribution in [0.2, 0.25) is 1.43 Å². The van der Waals surface area contributed by atoms with Crippen molar-refractivity contribution in [3.63, 3.8) is 0 Å². The van der Waals surface area contributed by atoms with Crippen LogP contribution in [-0.4, -0.2) is 11.8 Å². The first-order valence-electron chi connectivity index (χ1n) is 1.78. The molecule has 0 radical (unpaired) electrons. The molecule has 0 atom stereocenters. The predicted octanol–water partition coefficient (Wildman–Crippen LogP) is 0.151. The summed E-state index contributed by atoms with van der Waals surface area (Å²) in [4.78, 5) is 0. The first-order chi connectivity index (χ1) is 2.91. The van der Waals surface area contributed by atoms with Gasteiger partial charge in [-0.15, -0.1) is 6.58 Å². The van der Waals surface area contributed by atoms with Crippen molar-refractivity contribution in [3.8, 4) is 0 Å². The Hall–Kier alpha value is -0.340. The molecule has 2 N–H and O–H groups in total. The molecule has 2 nitrogen and oxygen atoms in total. The summed E-state index contributed by atoms with van der Waals surface area (Å²) < 4.78 is 6.05.